The normalized spacial score (nSPS) is 16.4. The maximum absolute atomic E-state index is 11.6. The second kappa shape index (κ2) is 5.93. The van der Waals surface area contributed by atoms with Gasteiger partial charge in [-0.25, -0.2) is 0 Å². The first-order chi connectivity index (χ1) is 8.99. The Kier molecular flexibility index (Phi) is 4.48. The maximum Gasteiger partial charge on any atom is 0.223 e. The number of rotatable bonds is 3. The monoisotopic (exact) mass is 280 g/mol. The fraction of sp³-hybridized carbons (Fsp3) is 0.533. The van der Waals surface area contributed by atoms with Crippen molar-refractivity contribution in [1.29, 1.82) is 0 Å². The van der Waals surface area contributed by atoms with Gasteiger partial charge in [0.25, 0.3) is 0 Å². The Morgan fingerprint density at radius 2 is 2.21 bits per heavy atom. The van der Waals surface area contributed by atoms with Gasteiger partial charge in [0.05, 0.1) is 5.38 Å². The third-order valence-corrected chi connectivity index (χ3v) is 3.88. The quantitative estimate of drug-likeness (QED) is 0.795. The molecule has 0 fully saturated rings. The van der Waals surface area contributed by atoms with Crippen LogP contribution in [0.1, 0.15) is 29.8 Å². The number of likely N-dealkylation sites (N-methyl/N-ethyl adjacent to an activating group) is 1. The highest BCUT2D eigenvalue weighted by molar-refractivity contribution is 6.21. The van der Waals surface area contributed by atoms with E-state index in [0.29, 0.717) is 0 Å². The van der Waals surface area contributed by atoms with Crippen LogP contribution in [0.2, 0.25) is 0 Å². The molecule has 0 N–H and O–H groups in total. The molecule has 1 amide bonds. The van der Waals surface area contributed by atoms with Crippen molar-refractivity contribution in [1.82, 2.24) is 4.90 Å². The highest BCUT2D eigenvalue weighted by Crippen LogP contribution is 2.31. The lowest BCUT2D eigenvalue weighted by Crippen LogP contribution is -2.33. The van der Waals surface area contributed by atoms with E-state index in [9.17, 15) is 4.79 Å². The summed E-state index contributed by atoms with van der Waals surface area (Å²) in [6.07, 6.45) is 2.05. The molecule has 1 aliphatic heterocycles. The topological polar surface area (TPSA) is 23.6 Å². The van der Waals surface area contributed by atoms with Crippen LogP contribution in [0.5, 0.6) is 0 Å². The van der Waals surface area contributed by atoms with E-state index in [-0.39, 0.29) is 11.3 Å². The van der Waals surface area contributed by atoms with Crippen molar-refractivity contribution in [2.45, 2.75) is 25.1 Å². The maximum atomic E-state index is 11.6. The summed E-state index contributed by atoms with van der Waals surface area (Å²) in [4.78, 5) is 15.6. The molecule has 0 radical (unpaired) electrons. The second-order valence-electron chi connectivity index (χ2n) is 5.39. The third-order valence-electron chi connectivity index (χ3n) is 3.49. The molecule has 0 bridgehead atoms. The van der Waals surface area contributed by atoms with Crippen LogP contribution >= 0.6 is 11.6 Å². The Morgan fingerprint density at radius 3 is 2.84 bits per heavy atom. The number of carbonyl (C=O) groups is 1. The van der Waals surface area contributed by atoms with E-state index in [2.05, 4.69) is 11.0 Å². The van der Waals surface area contributed by atoms with Crippen LogP contribution in [0.15, 0.2) is 18.2 Å². The number of hydrogen-bond acceptors (Lipinski definition) is 2. The fourth-order valence-corrected chi connectivity index (χ4v) is 2.98. The van der Waals surface area contributed by atoms with Crippen molar-refractivity contribution in [3.63, 3.8) is 0 Å². The largest absolute Gasteiger partial charge is 0.312 e. The van der Waals surface area contributed by atoms with E-state index < -0.39 is 0 Å². The van der Waals surface area contributed by atoms with Crippen LogP contribution in [0.25, 0.3) is 0 Å². The molecular formula is C15H21ClN2O. The molecular weight excluding hydrogens is 260 g/mol. The predicted octanol–water partition coefficient (Wildman–Crippen LogP) is 2.83. The third kappa shape index (κ3) is 3.28. The number of nitrogens with zero attached hydrogens (tertiary/aromatic N) is 2. The van der Waals surface area contributed by atoms with Gasteiger partial charge in [0.1, 0.15) is 0 Å². The average Bonchev–Trinajstić information content (AvgIpc) is 2.36. The first-order valence-electron chi connectivity index (χ1n) is 6.68. The first-order valence-corrected chi connectivity index (χ1v) is 7.12. The smallest absolute Gasteiger partial charge is 0.223 e. The lowest BCUT2D eigenvalue weighted by atomic mass is 9.98. The summed E-state index contributed by atoms with van der Waals surface area (Å²) in [6.45, 7) is 3.26. The van der Waals surface area contributed by atoms with Crippen LogP contribution in [0.3, 0.4) is 0 Å². The number of carbonyl (C=O) groups excluding carboxylic acids is 1. The summed E-state index contributed by atoms with van der Waals surface area (Å²) in [5, 5.41) is -0.00648. The van der Waals surface area contributed by atoms with Crippen LogP contribution < -0.4 is 4.90 Å². The van der Waals surface area contributed by atoms with E-state index in [1.54, 1.807) is 6.92 Å². The van der Waals surface area contributed by atoms with Crippen LogP contribution in [0, 0.1) is 0 Å². The predicted molar refractivity (Wildman–Crippen MR) is 79.9 cm³/mol. The number of fused-ring (bicyclic) bond motifs is 1. The minimum Gasteiger partial charge on any atom is -0.312 e. The van der Waals surface area contributed by atoms with Crippen molar-refractivity contribution >= 4 is 23.2 Å². The molecule has 1 atom stereocenters. The minimum absolute atomic E-state index is 0.00648. The van der Waals surface area contributed by atoms with Crippen LogP contribution in [-0.4, -0.2) is 38.0 Å². The lowest BCUT2D eigenvalue weighted by molar-refractivity contribution is -0.116. The summed E-state index contributed by atoms with van der Waals surface area (Å²) in [7, 11) is 4.04. The molecule has 0 spiro atoms. The lowest BCUT2D eigenvalue weighted by Gasteiger charge is -2.29. The van der Waals surface area contributed by atoms with Gasteiger partial charge in [-0.2, -0.15) is 0 Å². The summed E-state index contributed by atoms with van der Waals surface area (Å²) < 4.78 is 0. The van der Waals surface area contributed by atoms with Crippen LogP contribution in [0.4, 0.5) is 5.69 Å². The van der Waals surface area contributed by atoms with Gasteiger partial charge >= 0.3 is 0 Å². The number of amides is 1. The molecule has 4 heteroatoms. The van der Waals surface area contributed by atoms with Crippen molar-refractivity contribution in [2.24, 2.45) is 0 Å². The van der Waals surface area contributed by atoms with E-state index in [1.165, 1.54) is 5.56 Å². The fourth-order valence-electron chi connectivity index (χ4n) is 2.56. The molecule has 0 aromatic heterocycles. The minimum atomic E-state index is -0.00648. The van der Waals surface area contributed by atoms with Crippen LogP contribution in [-0.2, 0) is 11.2 Å². The van der Waals surface area contributed by atoms with Gasteiger partial charge in [0.2, 0.25) is 5.91 Å². The zero-order valence-electron chi connectivity index (χ0n) is 11.8. The van der Waals surface area contributed by atoms with Gasteiger partial charge in [-0.3, -0.25) is 4.79 Å². The number of anilines is 1. The average molecular weight is 281 g/mol. The molecule has 104 valence electrons. The molecule has 0 aliphatic carbocycles. The Bertz CT molecular complexity index is 473. The van der Waals surface area contributed by atoms with Gasteiger partial charge in [-0.1, -0.05) is 12.1 Å². The van der Waals surface area contributed by atoms with E-state index in [1.807, 2.05) is 31.1 Å². The summed E-state index contributed by atoms with van der Waals surface area (Å²) in [5.74, 6) is 0.115. The van der Waals surface area contributed by atoms with Gasteiger partial charge in [-0.05, 0) is 44.1 Å². The molecule has 1 aliphatic rings. The van der Waals surface area contributed by atoms with Crippen molar-refractivity contribution in [2.75, 3.05) is 32.1 Å². The Morgan fingerprint density at radius 1 is 1.47 bits per heavy atom. The Hall–Kier alpha value is -1.06. The summed E-state index contributed by atoms with van der Waals surface area (Å²) in [5.41, 5.74) is 3.43. The first kappa shape index (κ1) is 14.4. The Balaban J connectivity index is 2.26. The highest BCUT2D eigenvalue weighted by atomic mass is 35.5. The number of alkyl halides is 1. The zero-order chi connectivity index (χ0) is 14.0. The molecule has 1 aromatic carbocycles. The van der Waals surface area contributed by atoms with Gasteiger partial charge < -0.3 is 9.80 Å². The standard InChI is InChI=1S/C15H21ClN2O/c1-11(19)18-8-4-5-13-9-12(6-7-15(13)18)14(16)10-17(2)3/h6-7,9,14H,4-5,8,10H2,1-3H3. The Labute approximate surface area is 120 Å². The second-order valence-corrected chi connectivity index (χ2v) is 5.92. The molecule has 19 heavy (non-hydrogen) atoms. The van der Waals surface area contributed by atoms with E-state index in [0.717, 1.165) is 37.2 Å². The van der Waals surface area contributed by atoms with Crippen molar-refractivity contribution < 1.29 is 4.79 Å². The van der Waals surface area contributed by atoms with E-state index >= 15 is 0 Å². The number of hydrogen-bond donors (Lipinski definition) is 0. The number of halogens is 1. The molecule has 0 saturated carbocycles. The number of benzene rings is 1. The molecule has 2 rings (SSSR count). The summed E-state index contributed by atoms with van der Waals surface area (Å²) in [6, 6.07) is 6.24. The highest BCUT2D eigenvalue weighted by Gasteiger charge is 2.21. The van der Waals surface area contributed by atoms with Crippen molar-refractivity contribution in [3.05, 3.63) is 29.3 Å². The summed E-state index contributed by atoms with van der Waals surface area (Å²) >= 11 is 6.42. The van der Waals surface area contributed by atoms with Crippen molar-refractivity contribution in [3.8, 4) is 0 Å². The van der Waals surface area contributed by atoms with E-state index in [4.69, 9.17) is 11.6 Å². The van der Waals surface area contributed by atoms with Gasteiger partial charge in [0, 0.05) is 25.7 Å². The van der Waals surface area contributed by atoms with Gasteiger partial charge in [0.15, 0.2) is 0 Å². The molecule has 0 saturated heterocycles. The number of aryl methyl sites for hydroxylation is 1. The molecule has 1 aromatic rings. The zero-order valence-corrected chi connectivity index (χ0v) is 12.6. The van der Waals surface area contributed by atoms with Gasteiger partial charge in [-0.15, -0.1) is 11.6 Å². The molecule has 3 nitrogen and oxygen atoms in total. The molecule has 1 unspecified atom stereocenters. The molecule has 1 heterocycles. The SMILES string of the molecule is CC(=O)N1CCCc2cc(C(Cl)CN(C)C)ccc21.